The van der Waals surface area contributed by atoms with E-state index in [1.54, 1.807) is 6.07 Å². The van der Waals surface area contributed by atoms with Crippen LogP contribution in [0.15, 0.2) is 24.3 Å². The first-order valence-electron chi connectivity index (χ1n) is 9.34. The molecule has 136 valence electrons. The molecule has 0 saturated carbocycles. The summed E-state index contributed by atoms with van der Waals surface area (Å²) in [6.07, 6.45) is 4.71. The highest BCUT2D eigenvalue weighted by Crippen LogP contribution is 2.23. The Bertz CT molecular complexity index is 634. The minimum atomic E-state index is -0.231. The maximum Gasteiger partial charge on any atom is 0.222 e. The van der Waals surface area contributed by atoms with Gasteiger partial charge in [-0.1, -0.05) is 19.1 Å². The summed E-state index contributed by atoms with van der Waals surface area (Å²) in [7, 11) is 0. The van der Waals surface area contributed by atoms with Gasteiger partial charge in [-0.15, -0.1) is 0 Å². The largest absolute Gasteiger partial charge is 0.341 e. The van der Waals surface area contributed by atoms with Gasteiger partial charge in [-0.05, 0) is 49.3 Å². The second kappa shape index (κ2) is 7.98. The van der Waals surface area contributed by atoms with Gasteiger partial charge >= 0.3 is 0 Å². The summed E-state index contributed by atoms with van der Waals surface area (Å²) in [4.78, 5) is 28.5. The Kier molecular flexibility index (Phi) is 5.71. The lowest BCUT2D eigenvalue weighted by Crippen LogP contribution is -2.50. The smallest absolute Gasteiger partial charge is 0.222 e. The number of carbonyl (C=O) groups is 2. The summed E-state index contributed by atoms with van der Waals surface area (Å²) in [6.45, 7) is 4.32. The minimum absolute atomic E-state index is 0.153. The molecule has 0 unspecified atom stereocenters. The zero-order chi connectivity index (χ0) is 17.8. The van der Waals surface area contributed by atoms with Crippen LogP contribution in [0, 0.1) is 11.7 Å². The van der Waals surface area contributed by atoms with E-state index in [0.29, 0.717) is 25.8 Å². The topological polar surface area (TPSA) is 40.6 Å². The third kappa shape index (κ3) is 4.59. The van der Waals surface area contributed by atoms with Crippen LogP contribution in [0.1, 0.15) is 44.6 Å². The first-order valence-corrected chi connectivity index (χ1v) is 9.34. The van der Waals surface area contributed by atoms with E-state index >= 15 is 0 Å². The van der Waals surface area contributed by atoms with Gasteiger partial charge in [-0.2, -0.15) is 0 Å². The Morgan fingerprint density at radius 1 is 1.32 bits per heavy atom. The van der Waals surface area contributed by atoms with E-state index in [1.165, 1.54) is 12.1 Å². The number of hydrogen-bond donors (Lipinski definition) is 0. The third-order valence-electron chi connectivity index (χ3n) is 5.30. The molecule has 3 rings (SSSR count). The van der Waals surface area contributed by atoms with E-state index in [9.17, 15) is 14.0 Å². The summed E-state index contributed by atoms with van der Waals surface area (Å²) >= 11 is 0. The molecule has 4 nitrogen and oxygen atoms in total. The molecule has 0 aliphatic carbocycles. The Morgan fingerprint density at radius 2 is 2.16 bits per heavy atom. The van der Waals surface area contributed by atoms with Crippen LogP contribution < -0.4 is 0 Å². The van der Waals surface area contributed by atoms with Crippen LogP contribution in [0.25, 0.3) is 0 Å². The van der Waals surface area contributed by atoms with Gasteiger partial charge in [0, 0.05) is 38.5 Å². The number of rotatable bonds is 5. The standard InChI is InChI=1S/C20H27FN2O2/c1-15(11-16-5-2-6-17(21)13-16)12-20(25)22-9-3-7-18(14-22)23-10-4-8-19(23)24/h2,5-6,13,15,18H,3-4,7-12,14H2,1H3/t15-,18+/m0/s1. The maximum atomic E-state index is 13.3. The molecule has 0 aromatic heterocycles. The molecular weight excluding hydrogens is 319 g/mol. The molecule has 25 heavy (non-hydrogen) atoms. The fourth-order valence-electron chi connectivity index (χ4n) is 4.06. The summed E-state index contributed by atoms with van der Waals surface area (Å²) in [5, 5.41) is 0. The number of amides is 2. The average Bonchev–Trinajstić information content (AvgIpc) is 3.01. The number of carbonyl (C=O) groups excluding carboxylic acids is 2. The summed E-state index contributed by atoms with van der Waals surface area (Å²) in [5.41, 5.74) is 0.930. The predicted molar refractivity (Wildman–Crippen MR) is 94.4 cm³/mol. The first kappa shape index (κ1) is 17.9. The van der Waals surface area contributed by atoms with Crippen molar-refractivity contribution in [2.75, 3.05) is 19.6 Å². The van der Waals surface area contributed by atoms with E-state index in [-0.39, 0.29) is 29.6 Å². The molecule has 2 aliphatic rings. The fourth-order valence-corrected chi connectivity index (χ4v) is 4.06. The lowest BCUT2D eigenvalue weighted by atomic mass is 9.96. The molecule has 2 amide bonds. The Balaban J connectivity index is 1.52. The molecule has 1 aromatic rings. The van der Waals surface area contributed by atoms with E-state index in [2.05, 4.69) is 0 Å². The van der Waals surface area contributed by atoms with Crippen LogP contribution in [0.2, 0.25) is 0 Å². The Labute approximate surface area is 149 Å². The van der Waals surface area contributed by atoms with Gasteiger partial charge in [0.15, 0.2) is 0 Å². The van der Waals surface area contributed by atoms with E-state index in [1.807, 2.05) is 22.8 Å². The molecule has 0 spiro atoms. The molecule has 2 aliphatic heterocycles. The highest BCUT2D eigenvalue weighted by molar-refractivity contribution is 5.79. The van der Waals surface area contributed by atoms with Crippen molar-refractivity contribution in [3.05, 3.63) is 35.6 Å². The SMILES string of the molecule is C[C@H](CC(=O)N1CCC[C@@H](N2CCCC2=O)C1)Cc1cccc(F)c1. The predicted octanol–water partition coefficient (Wildman–Crippen LogP) is 3.01. The molecule has 1 aromatic carbocycles. The van der Waals surface area contributed by atoms with Gasteiger partial charge in [-0.3, -0.25) is 9.59 Å². The first-order chi connectivity index (χ1) is 12.0. The van der Waals surface area contributed by atoms with Crippen LogP contribution in [0.4, 0.5) is 4.39 Å². The van der Waals surface area contributed by atoms with Gasteiger partial charge in [0.1, 0.15) is 5.82 Å². The second-order valence-corrected chi connectivity index (χ2v) is 7.47. The zero-order valence-corrected chi connectivity index (χ0v) is 14.9. The molecule has 2 fully saturated rings. The van der Waals surface area contributed by atoms with E-state index < -0.39 is 0 Å². The molecule has 0 radical (unpaired) electrons. The van der Waals surface area contributed by atoms with Crippen molar-refractivity contribution >= 4 is 11.8 Å². The number of benzene rings is 1. The van der Waals surface area contributed by atoms with Crippen LogP contribution in [0.3, 0.4) is 0 Å². The van der Waals surface area contributed by atoms with Gasteiger partial charge in [0.05, 0.1) is 0 Å². The molecule has 0 bridgehead atoms. The van der Waals surface area contributed by atoms with Crippen molar-refractivity contribution in [3.63, 3.8) is 0 Å². The van der Waals surface area contributed by atoms with Gasteiger partial charge in [0.25, 0.3) is 0 Å². The minimum Gasteiger partial charge on any atom is -0.341 e. The number of halogens is 1. The summed E-state index contributed by atoms with van der Waals surface area (Å²) in [6, 6.07) is 6.77. The van der Waals surface area contributed by atoms with Crippen molar-refractivity contribution in [3.8, 4) is 0 Å². The van der Waals surface area contributed by atoms with Crippen molar-refractivity contribution < 1.29 is 14.0 Å². The summed E-state index contributed by atoms with van der Waals surface area (Å²) < 4.78 is 13.3. The highest BCUT2D eigenvalue weighted by atomic mass is 19.1. The van der Waals surface area contributed by atoms with Crippen molar-refractivity contribution in [2.45, 2.75) is 51.5 Å². The third-order valence-corrected chi connectivity index (χ3v) is 5.30. The van der Waals surface area contributed by atoms with E-state index in [4.69, 9.17) is 0 Å². The highest BCUT2D eigenvalue weighted by Gasteiger charge is 2.32. The molecule has 2 heterocycles. The Morgan fingerprint density at radius 3 is 2.88 bits per heavy atom. The van der Waals surface area contributed by atoms with Crippen molar-refractivity contribution in [1.82, 2.24) is 9.80 Å². The lowest BCUT2D eigenvalue weighted by molar-refractivity contribution is -0.138. The zero-order valence-electron chi connectivity index (χ0n) is 14.9. The van der Waals surface area contributed by atoms with Crippen LogP contribution in [0.5, 0.6) is 0 Å². The number of hydrogen-bond acceptors (Lipinski definition) is 2. The van der Waals surface area contributed by atoms with Gasteiger partial charge in [-0.25, -0.2) is 4.39 Å². The average molecular weight is 346 g/mol. The van der Waals surface area contributed by atoms with Gasteiger partial charge in [0.2, 0.25) is 11.8 Å². The molecule has 2 atom stereocenters. The fraction of sp³-hybridized carbons (Fsp3) is 0.600. The summed E-state index contributed by atoms with van der Waals surface area (Å²) in [5.74, 6) is 0.326. The number of nitrogens with zero attached hydrogens (tertiary/aromatic N) is 2. The Hall–Kier alpha value is -1.91. The normalized spacial score (nSPS) is 22.3. The molecular formula is C20H27FN2O2. The molecule has 5 heteroatoms. The number of piperidine rings is 1. The van der Waals surface area contributed by atoms with Crippen LogP contribution >= 0.6 is 0 Å². The lowest BCUT2D eigenvalue weighted by Gasteiger charge is -2.38. The monoisotopic (exact) mass is 346 g/mol. The van der Waals surface area contributed by atoms with Crippen LogP contribution in [-0.4, -0.2) is 47.3 Å². The quantitative estimate of drug-likeness (QED) is 0.822. The number of likely N-dealkylation sites (tertiary alicyclic amines) is 2. The maximum absolute atomic E-state index is 13.3. The van der Waals surface area contributed by atoms with Crippen LogP contribution in [-0.2, 0) is 16.0 Å². The van der Waals surface area contributed by atoms with Crippen molar-refractivity contribution in [2.24, 2.45) is 5.92 Å². The van der Waals surface area contributed by atoms with Crippen molar-refractivity contribution in [1.29, 1.82) is 0 Å². The van der Waals surface area contributed by atoms with Gasteiger partial charge < -0.3 is 9.80 Å². The molecule has 0 N–H and O–H groups in total. The molecule has 2 saturated heterocycles. The van der Waals surface area contributed by atoms with E-state index in [0.717, 1.165) is 37.9 Å². The second-order valence-electron chi connectivity index (χ2n) is 7.47.